The third kappa shape index (κ3) is 5.49. The third-order valence-corrected chi connectivity index (χ3v) is 4.07. The van der Waals surface area contributed by atoms with Crippen LogP contribution in [0.4, 0.5) is 0 Å². The van der Waals surface area contributed by atoms with Gasteiger partial charge in [0.2, 0.25) is 5.91 Å². The van der Waals surface area contributed by atoms with Gasteiger partial charge in [0.05, 0.1) is 5.54 Å². The third-order valence-electron chi connectivity index (χ3n) is 4.07. The molecule has 0 spiro atoms. The Morgan fingerprint density at radius 1 is 1.32 bits per heavy atom. The molecule has 4 nitrogen and oxygen atoms in total. The molecule has 1 unspecified atom stereocenters. The van der Waals surface area contributed by atoms with Crippen molar-refractivity contribution in [2.45, 2.75) is 70.9 Å². The molecule has 1 amide bonds. The molecule has 1 fully saturated rings. The second-order valence-electron chi connectivity index (χ2n) is 5.99. The molecular weight excluding hydrogens is 238 g/mol. The lowest BCUT2D eigenvalue weighted by Gasteiger charge is -2.31. The Kier molecular flexibility index (Phi) is 6.80. The van der Waals surface area contributed by atoms with Gasteiger partial charge in [0.25, 0.3) is 0 Å². The van der Waals surface area contributed by atoms with Gasteiger partial charge in [0, 0.05) is 12.6 Å². The molecule has 0 saturated heterocycles. The molecule has 0 radical (unpaired) electrons. The fourth-order valence-corrected chi connectivity index (χ4v) is 2.34. The largest absolute Gasteiger partial charge is 0.368 e. The lowest BCUT2D eigenvalue weighted by atomic mass is 9.96. The summed E-state index contributed by atoms with van der Waals surface area (Å²) in [4.78, 5) is 14.2. The molecule has 1 saturated carbocycles. The number of hydrogen-bond acceptors (Lipinski definition) is 3. The van der Waals surface area contributed by atoms with Gasteiger partial charge < -0.3 is 16.0 Å². The van der Waals surface area contributed by atoms with E-state index in [9.17, 15) is 4.79 Å². The molecule has 0 aromatic rings. The highest BCUT2D eigenvalue weighted by Crippen LogP contribution is 2.28. The van der Waals surface area contributed by atoms with E-state index in [0.29, 0.717) is 0 Å². The van der Waals surface area contributed by atoms with Crippen LogP contribution < -0.4 is 11.1 Å². The van der Waals surface area contributed by atoms with E-state index in [1.807, 2.05) is 6.92 Å². The van der Waals surface area contributed by atoms with E-state index in [2.05, 4.69) is 24.1 Å². The minimum atomic E-state index is -0.560. The maximum absolute atomic E-state index is 11.7. The lowest BCUT2D eigenvalue weighted by Crippen LogP contribution is -2.55. The van der Waals surface area contributed by atoms with Gasteiger partial charge in [-0.15, -0.1) is 0 Å². The number of amides is 1. The standard InChI is InChI=1S/C15H31N3O/c1-4-6-11-18(13-7-8-13)12-9-15(3,14(16)19)17-10-5-2/h13,17H,4-12H2,1-3H3,(H2,16,19). The minimum absolute atomic E-state index is 0.229. The van der Waals surface area contributed by atoms with Gasteiger partial charge in [-0.2, -0.15) is 0 Å². The first kappa shape index (κ1) is 16.4. The summed E-state index contributed by atoms with van der Waals surface area (Å²) in [6.45, 7) is 9.24. The Labute approximate surface area is 118 Å². The van der Waals surface area contributed by atoms with Crippen LogP contribution in [0.5, 0.6) is 0 Å². The zero-order chi connectivity index (χ0) is 14.3. The van der Waals surface area contributed by atoms with Crippen molar-refractivity contribution < 1.29 is 4.79 Å². The van der Waals surface area contributed by atoms with Crippen LogP contribution >= 0.6 is 0 Å². The van der Waals surface area contributed by atoms with Gasteiger partial charge in [0.1, 0.15) is 0 Å². The van der Waals surface area contributed by atoms with E-state index in [1.54, 1.807) is 0 Å². The number of unbranched alkanes of at least 4 members (excludes halogenated alkanes) is 1. The first-order valence-corrected chi connectivity index (χ1v) is 7.82. The van der Waals surface area contributed by atoms with Crippen molar-refractivity contribution in [1.82, 2.24) is 10.2 Å². The molecule has 1 atom stereocenters. The summed E-state index contributed by atoms with van der Waals surface area (Å²) < 4.78 is 0. The molecule has 0 heterocycles. The van der Waals surface area contributed by atoms with Gasteiger partial charge >= 0.3 is 0 Å². The summed E-state index contributed by atoms with van der Waals surface area (Å²) in [6, 6.07) is 0.759. The Morgan fingerprint density at radius 3 is 2.47 bits per heavy atom. The zero-order valence-electron chi connectivity index (χ0n) is 12.9. The van der Waals surface area contributed by atoms with Gasteiger partial charge in [-0.05, 0) is 52.1 Å². The van der Waals surface area contributed by atoms with E-state index < -0.39 is 5.54 Å². The maximum Gasteiger partial charge on any atom is 0.237 e. The molecule has 0 aromatic carbocycles. The number of carbonyl (C=O) groups is 1. The van der Waals surface area contributed by atoms with Gasteiger partial charge in [-0.25, -0.2) is 0 Å². The number of primary amides is 1. The highest BCUT2D eigenvalue weighted by molar-refractivity contribution is 5.84. The molecule has 3 N–H and O–H groups in total. The first-order chi connectivity index (χ1) is 9.03. The topological polar surface area (TPSA) is 58.4 Å². The molecule has 112 valence electrons. The van der Waals surface area contributed by atoms with Crippen LogP contribution in [-0.2, 0) is 4.79 Å². The summed E-state index contributed by atoms with van der Waals surface area (Å²) in [5.41, 5.74) is 5.01. The molecule has 1 aliphatic carbocycles. The van der Waals surface area contributed by atoms with Crippen molar-refractivity contribution in [3.63, 3.8) is 0 Å². The van der Waals surface area contributed by atoms with Crippen LogP contribution in [0.2, 0.25) is 0 Å². The van der Waals surface area contributed by atoms with Crippen LogP contribution in [0.3, 0.4) is 0 Å². The molecule has 0 aromatic heterocycles. The van der Waals surface area contributed by atoms with Crippen molar-refractivity contribution in [3.05, 3.63) is 0 Å². The SMILES string of the molecule is CCCCN(CCC(C)(NCCC)C(N)=O)C1CC1. The molecule has 0 bridgehead atoms. The molecule has 0 aliphatic heterocycles. The van der Waals surface area contributed by atoms with Crippen LogP contribution in [0.15, 0.2) is 0 Å². The Balaban J connectivity index is 2.45. The molecule has 4 heteroatoms. The lowest BCUT2D eigenvalue weighted by molar-refractivity contribution is -0.124. The molecule has 1 rings (SSSR count). The molecule has 1 aliphatic rings. The first-order valence-electron chi connectivity index (χ1n) is 7.82. The predicted octanol–water partition coefficient (Wildman–Crippen LogP) is 1.88. The number of carbonyl (C=O) groups excluding carboxylic acids is 1. The minimum Gasteiger partial charge on any atom is -0.368 e. The monoisotopic (exact) mass is 269 g/mol. The van der Waals surface area contributed by atoms with Crippen molar-refractivity contribution in [3.8, 4) is 0 Å². The van der Waals surface area contributed by atoms with E-state index >= 15 is 0 Å². The smallest absolute Gasteiger partial charge is 0.237 e. The highest BCUT2D eigenvalue weighted by Gasteiger charge is 2.33. The summed E-state index contributed by atoms with van der Waals surface area (Å²) in [5.74, 6) is -0.229. The Morgan fingerprint density at radius 2 is 2.00 bits per heavy atom. The Bertz CT molecular complexity index is 279. The van der Waals surface area contributed by atoms with Gasteiger partial charge in [-0.1, -0.05) is 20.3 Å². The second kappa shape index (κ2) is 7.85. The second-order valence-corrected chi connectivity index (χ2v) is 5.99. The fourth-order valence-electron chi connectivity index (χ4n) is 2.34. The van der Waals surface area contributed by atoms with Crippen LogP contribution in [-0.4, -0.2) is 42.0 Å². The van der Waals surface area contributed by atoms with Crippen LogP contribution in [0.25, 0.3) is 0 Å². The number of hydrogen-bond donors (Lipinski definition) is 2. The van der Waals surface area contributed by atoms with E-state index in [4.69, 9.17) is 5.73 Å². The van der Waals surface area contributed by atoms with E-state index in [1.165, 1.54) is 25.7 Å². The molecule has 19 heavy (non-hydrogen) atoms. The highest BCUT2D eigenvalue weighted by atomic mass is 16.1. The average Bonchev–Trinajstić information content (AvgIpc) is 3.20. The summed E-state index contributed by atoms with van der Waals surface area (Å²) in [6.07, 6.45) is 6.93. The van der Waals surface area contributed by atoms with Crippen LogP contribution in [0, 0.1) is 0 Å². The van der Waals surface area contributed by atoms with Gasteiger partial charge in [0.15, 0.2) is 0 Å². The summed E-state index contributed by atoms with van der Waals surface area (Å²) in [7, 11) is 0. The summed E-state index contributed by atoms with van der Waals surface area (Å²) >= 11 is 0. The molecular formula is C15H31N3O. The summed E-state index contributed by atoms with van der Waals surface area (Å²) in [5, 5.41) is 3.31. The fraction of sp³-hybridized carbons (Fsp3) is 0.933. The van der Waals surface area contributed by atoms with Crippen LogP contribution in [0.1, 0.15) is 59.3 Å². The van der Waals surface area contributed by atoms with E-state index in [-0.39, 0.29) is 5.91 Å². The van der Waals surface area contributed by atoms with Crippen molar-refractivity contribution in [2.24, 2.45) is 5.73 Å². The van der Waals surface area contributed by atoms with E-state index in [0.717, 1.165) is 38.5 Å². The number of nitrogens with one attached hydrogen (secondary N) is 1. The number of nitrogens with zero attached hydrogens (tertiary/aromatic N) is 1. The average molecular weight is 269 g/mol. The number of nitrogens with two attached hydrogens (primary N) is 1. The Hall–Kier alpha value is -0.610. The zero-order valence-corrected chi connectivity index (χ0v) is 12.9. The van der Waals surface area contributed by atoms with Crippen molar-refractivity contribution in [1.29, 1.82) is 0 Å². The normalized spacial score (nSPS) is 18.5. The van der Waals surface area contributed by atoms with Crippen molar-refractivity contribution in [2.75, 3.05) is 19.6 Å². The predicted molar refractivity (Wildman–Crippen MR) is 80.0 cm³/mol. The van der Waals surface area contributed by atoms with Gasteiger partial charge in [-0.3, -0.25) is 4.79 Å². The maximum atomic E-state index is 11.7. The van der Waals surface area contributed by atoms with Crippen molar-refractivity contribution >= 4 is 5.91 Å². The number of rotatable bonds is 11. The quantitative estimate of drug-likeness (QED) is 0.602.